The van der Waals surface area contributed by atoms with E-state index >= 15 is 0 Å². The van der Waals surface area contributed by atoms with Crippen molar-refractivity contribution in [3.8, 4) is 17.9 Å². The van der Waals surface area contributed by atoms with E-state index in [2.05, 4.69) is 21.4 Å². The maximum absolute atomic E-state index is 12.3. The van der Waals surface area contributed by atoms with Crippen molar-refractivity contribution in [2.24, 2.45) is 0 Å². The lowest BCUT2D eigenvalue weighted by Crippen LogP contribution is -2.26. The molecule has 1 atom stereocenters. The Bertz CT molecular complexity index is 1120. The van der Waals surface area contributed by atoms with Crippen molar-refractivity contribution in [2.45, 2.75) is 62.8 Å². The topological polar surface area (TPSA) is 103 Å². The largest absolute Gasteiger partial charge is 0.382 e. The number of allylic oxidation sites excluding steroid dienone is 1. The van der Waals surface area contributed by atoms with Crippen LogP contribution in [0.3, 0.4) is 0 Å². The lowest BCUT2D eigenvalue weighted by atomic mass is 9.88. The number of thioether (sulfide) groups is 1. The number of nitriles is 1. The second-order valence-corrected chi connectivity index (χ2v) is 9.23. The van der Waals surface area contributed by atoms with Crippen molar-refractivity contribution in [1.29, 1.82) is 5.26 Å². The average molecular weight is 435 g/mol. The normalized spacial score (nSPS) is 19.3. The van der Waals surface area contributed by atoms with Gasteiger partial charge < -0.3 is 10.3 Å². The molecule has 2 N–H and O–H groups in total. The highest BCUT2D eigenvalue weighted by atomic mass is 32.2. The van der Waals surface area contributed by atoms with E-state index in [0.29, 0.717) is 18.0 Å². The van der Waals surface area contributed by atoms with Crippen molar-refractivity contribution in [1.82, 2.24) is 19.1 Å². The predicted molar refractivity (Wildman–Crippen MR) is 123 cm³/mol. The number of imidazole rings is 1. The summed E-state index contributed by atoms with van der Waals surface area (Å²) in [6.45, 7) is 0.468. The standard InChI is InChI=1S/C23H26N6OS/c24-12-4-10-19-16-28(22(26-19)17-7-2-1-3-8-17)13-5-9-18-15-29(20-11-6-14-31-20)23(30)27-21(18)25/h4,10,15-17,20H,1-3,6-8,11,13-14H2,(H2,25,27,30)/b10-4+. The van der Waals surface area contributed by atoms with Crippen LogP contribution in [0.1, 0.15) is 73.3 Å². The molecule has 0 radical (unpaired) electrons. The fourth-order valence-electron chi connectivity index (χ4n) is 4.25. The molecule has 1 aliphatic carbocycles. The Morgan fingerprint density at radius 2 is 2.03 bits per heavy atom. The van der Waals surface area contributed by atoms with Gasteiger partial charge in [-0.1, -0.05) is 31.1 Å². The van der Waals surface area contributed by atoms with Crippen LogP contribution in [0.4, 0.5) is 5.82 Å². The van der Waals surface area contributed by atoms with Gasteiger partial charge in [-0.3, -0.25) is 4.57 Å². The monoisotopic (exact) mass is 434 g/mol. The molecule has 0 spiro atoms. The fourth-order valence-corrected chi connectivity index (χ4v) is 5.50. The van der Waals surface area contributed by atoms with E-state index in [-0.39, 0.29) is 16.9 Å². The summed E-state index contributed by atoms with van der Waals surface area (Å²) in [6, 6.07) is 2.02. The van der Waals surface area contributed by atoms with Crippen LogP contribution >= 0.6 is 11.8 Å². The van der Waals surface area contributed by atoms with Crippen LogP contribution in [-0.2, 0) is 6.54 Å². The minimum Gasteiger partial charge on any atom is -0.382 e. The summed E-state index contributed by atoms with van der Waals surface area (Å²) < 4.78 is 3.74. The Morgan fingerprint density at radius 3 is 2.77 bits per heavy atom. The van der Waals surface area contributed by atoms with Crippen molar-refractivity contribution in [3.05, 3.63) is 46.0 Å². The SMILES string of the molecule is N#C/C=C/c1cn(CC#Cc2cn(C3CCCS3)c(=O)nc2N)c(C2CCCCC2)n1. The number of hydrogen-bond acceptors (Lipinski definition) is 6. The minimum atomic E-state index is -0.314. The van der Waals surface area contributed by atoms with Crippen LogP contribution in [0.15, 0.2) is 23.3 Å². The molecule has 8 heteroatoms. The second kappa shape index (κ2) is 9.89. The van der Waals surface area contributed by atoms with Gasteiger partial charge in [0.05, 0.1) is 29.2 Å². The number of aromatic nitrogens is 4. The van der Waals surface area contributed by atoms with E-state index < -0.39 is 0 Å². The number of nitrogens with two attached hydrogens (primary N) is 1. The molecule has 0 aromatic carbocycles. The molecule has 2 aliphatic rings. The molecule has 2 aromatic heterocycles. The smallest absolute Gasteiger partial charge is 0.350 e. The Kier molecular flexibility index (Phi) is 6.79. The zero-order chi connectivity index (χ0) is 21.6. The summed E-state index contributed by atoms with van der Waals surface area (Å²) in [5.74, 6) is 8.98. The van der Waals surface area contributed by atoms with Crippen LogP contribution in [0.25, 0.3) is 6.08 Å². The van der Waals surface area contributed by atoms with E-state index in [1.165, 1.54) is 25.3 Å². The van der Waals surface area contributed by atoms with Crippen LogP contribution in [-0.4, -0.2) is 24.9 Å². The molecular formula is C23H26N6OS. The lowest BCUT2D eigenvalue weighted by Gasteiger charge is -2.21. The predicted octanol–water partition coefficient (Wildman–Crippen LogP) is 3.68. The maximum Gasteiger partial charge on any atom is 0.350 e. The van der Waals surface area contributed by atoms with E-state index in [9.17, 15) is 4.79 Å². The third-order valence-electron chi connectivity index (χ3n) is 5.79. The summed E-state index contributed by atoms with van der Waals surface area (Å²) in [5, 5.41) is 8.94. The number of nitrogens with zero attached hydrogens (tertiary/aromatic N) is 5. The van der Waals surface area contributed by atoms with Crippen molar-refractivity contribution >= 4 is 23.7 Å². The molecule has 0 amide bonds. The molecule has 2 aromatic rings. The quantitative estimate of drug-likeness (QED) is 0.582. The summed E-state index contributed by atoms with van der Waals surface area (Å²) in [5.41, 5.74) is 7.02. The van der Waals surface area contributed by atoms with Crippen LogP contribution in [0, 0.1) is 23.2 Å². The third kappa shape index (κ3) is 5.03. The first-order chi connectivity index (χ1) is 15.2. The van der Waals surface area contributed by atoms with Gasteiger partial charge in [-0.25, -0.2) is 9.78 Å². The Morgan fingerprint density at radius 1 is 1.19 bits per heavy atom. The second-order valence-electron chi connectivity index (χ2n) is 7.95. The summed E-state index contributed by atoms with van der Waals surface area (Å²) in [7, 11) is 0. The van der Waals surface area contributed by atoms with E-state index in [1.54, 1.807) is 28.6 Å². The van der Waals surface area contributed by atoms with Crippen molar-refractivity contribution in [3.63, 3.8) is 0 Å². The van der Waals surface area contributed by atoms with Gasteiger partial charge in [-0.15, -0.1) is 11.8 Å². The molecule has 1 aliphatic heterocycles. The Hall–Kier alpha value is -2.97. The number of rotatable bonds is 4. The third-order valence-corrected chi connectivity index (χ3v) is 7.17. The van der Waals surface area contributed by atoms with Gasteiger partial charge in [0.2, 0.25) is 0 Å². The van der Waals surface area contributed by atoms with Gasteiger partial charge in [0.25, 0.3) is 0 Å². The number of nitrogen functional groups attached to an aromatic ring is 1. The first kappa shape index (κ1) is 21.3. The maximum atomic E-state index is 12.3. The summed E-state index contributed by atoms with van der Waals surface area (Å²) in [6.07, 6.45) is 14.9. The molecule has 1 saturated heterocycles. The van der Waals surface area contributed by atoms with Gasteiger partial charge >= 0.3 is 5.69 Å². The first-order valence-corrected chi connectivity index (χ1v) is 11.8. The summed E-state index contributed by atoms with van der Waals surface area (Å²) in [4.78, 5) is 21.0. The molecule has 2 fully saturated rings. The average Bonchev–Trinajstić information content (AvgIpc) is 3.45. The molecule has 31 heavy (non-hydrogen) atoms. The number of anilines is 1. The molecule has 1 unspecified atom stereocenters. The van der Waals surface area contributed by atoms with Gasteiger partial charge in [0, 0.05) is 24.4 Å². The molecule has 7 nitrogen and oxygen atoms in total. The zero-order valence-electron chi connectivity index (χ0n) is 17.5. The van der Waals surface area contributed by atoms with E-state index in [0.717, 1.165) is 43.0 Å². The zero-order valence-corrected chi connectivity index (χ0v) is 18.3. The molecule has 0 bridgehead atoms. The highest BCUT2D eigenvalue weighted by Crippen LogP contribution is 2.34. The van der Waals surface area contributed by atoms with Crippen LogP contribution in [0.5, 0.6) is 0 Å². The number of hydrogen-bond donors (Lipinski definition) is 1. The highest BCUT2D eigenvalue weighted by Gasteiger charge is 2.21. The lowest BCUT2D eigenvalue weighted by molar-refractivity contribution is 0.419. The minimum absolute atomic E-state index is 0.113. The first-order valence-electron chi connectivity index (χ1n) is 10.8. The van der Waals surface area contributed by atoms with Gasteiger partial charge in [0.15, 0.2) is 0 Å². The molecule has 3 heterocycles. The van der Waals surface area contributed by atoms with Crippen LogP contribution in [0.2, 0.25) is 0 Å². The van der Waals surface area contributed by atoms with Crippen molar-refractivity contribution < 1.29 is 0 Å². The van der Waals surface area contributed by atoms with E-state index in [1.807, 2.05) is 12.3 Å². The molecule has 4 rings (SSSR count). The fraction of sp³-hybridized carbons (Fsp3) is 0.478. The molecule has 160 valence electrons. The van der Waals surface area contributed by atoms with Gasteiger partial charge in [-0.2, -0.15) is 10.2 Å². The van der Waals surface area contributed by atoms with Gasteiger partial charge in [0.1, 0.15) is 11.6 Å². The van der Waals surface area contributed by atoms with Crippen molar-refractivity contribution in [2.75, 3.05) is 11.5 Å². The van der Waals surface area contributed by atoms with E-state index in [4.69, 9.17) is 16.0 Å². The Labute approximate surface area is 186 Å². The Balaban J connectivity index is 1.59. The van der Waals surface area contributed by atoms with Crippen LogP contribution < -0.4 is 11.4 Å². The summed E-state index contributed by atoms with van der Waals surface area (Å²) >= 11 is 1.76. The van der Waals surface area contributed by atoms with Gasteiger partial charge in [-0.05, 0) is 37.5 Å². The highest BCUT2D eigenvalue weighted by molar-refractivity contribution is 7.99. The molecule has 1 saturated carbocycles. The molecular weight excluding hydrogens is 408 g/mol.